The van der Waals surface area contributed by atoms with Crippen molar-refractivity contribution < 1.29 is 21.7 Å². The van der Waals surface area contributed by atoms with Crippen LogP contribution in [0.1, 0.15) is 16.7 Å². The molecular formula is C25H26N2O4S. The van der Waals surface area contributed by atoms with Crippen molar-refractivity contribution in [2.75, 3.05) is 19.1 Å². The Morgan fingerprint density at radius 3 is 2.12 bits per heavy atom. The maximum atomic E-state index is 9.22. The zero-order valence-corrected chi connectivity index (χ0v) is 19.9. The highest BCUT2D eigenvalue weighted by Gasteiger charge is 2.31. The molecule has 1 aromatic heterocycles. The summed E-state index contributed by atoms with van der Waals surface area (Å²) in [6.45, 7) is 6.54. The number of aromatic nitrogens is 1. The van der Waals surface area contributed by atoms with Crippen molar-refractivity contribution in [1.29, 1.82) is 0 Å². The lowest BCUT2D eigenvalue weighted by Crippen LogP contribution is -2.34. The second-order valence-electron chi connectivity index (χ2n) is 8.29. The van der Waals surface area contributed by atoms with Crippen molar-refractivity contribution in [2.24, 2.45) is 7.05 Å². The Hall–Kier alpha value is -3.00. The van der Waals surface area contributed by atoms with Crippen molar-refractivity contribution in [3.05, 3.63) is 65.2 Å². The van der Waals surface area contributed by atoms with Gasteiger partial charge in [-0.15, -0.1) is 0 Å². The third-order valence-corrected chi connectivity index (χ3v) is 6.38. The molecule has 0 atom stereocenters. The molecule has 166 valence electrons. The van der Waals surface area contributed by atoms with E-state index in [1.54, 1.807) is 0 Å². The molecule has 0 aliphatic carbocycles. The maximum absolute atomic E-state index is 9.22. The number of pyridine rings is 1. The first kappa shape index (κ1) is 22.2. The van der Waals surface area contributed by atoms with Gasteiger partial charge >= 0.3 is 0 Å². The fraction of sp³-hybridized carbons (Fsp3) is 0.240. The van der Waals surface area contributed by atoms with E-state index in [1.165, 1.54) is 61.0 Å². The highest BCUT2D eigenvalue weighted by Crippen LogP contribution is 2.47. The van der Waals surface area contributed by atoms with Crippen LogP contribution in [0.2, 0.25) is 0 Å². The largest absolute Gasteiger partial charge is 0.726 e. The molecule has 32 heavy (non-hydrogen) atoms. The van der Waals surface area contributed by atoms with Gasteiger partial charge in [0.25, 0.3) is 0 Å². The van der Waals surface area contributed by atoms with Crippen LogP contribution in [0.3, 0.4) is 0 Å². The summed E-state index contributed by atoms with van der Waals surface area (Å²) < 4.78 is 33.4. The quantitative estimate of drug-likeness (QED) is 0.184. The Balaban J connectivity index is 0.000000363. The Morgan fingerprint density at radius 2 is 1.47 bits per heavy atom. The highest BCUT2D eigenvalue weighted by molar-refractivity contribution is 7.80. The molecule has 0 bridgehead atoms. The number of rotatable bonds is 1. The molecule has 0 spiro atoms. The predicted octanol–water partition coefficient (Wildman–Crippen LogP) is 4.58. The van der Waals surface area contributed by atoms with Gasteiger partial charge in [-0.05, 0) is 50.6 Å². The average Bonchev–Trinajstić information content (AvgIpc) is 2.73. The van der Waals surface area contributed by atoms with Gasteiger partial charge in [-0.25, -0.2) is 8.42 Å². The van der Waals surface area contributed by atoms with E-state index in [0.717, 1.165) is 7.11 Å². The van der Waals surface area contributed by atoms with Gasteiger partial charge < -0.3 is 9.45 Å². The number of nitrogens with zero attached hydrogens (tertiary/aromatic N) is 2. The summed E-state index contributed by atoms with van der Waals surface area (Å²) in [5, 5.41) is 4.04. The van der Waals surface area contributed by atoms with Crippen molar-refractivity contribution in [2.45, 2.75) is 20.8 Å². The second kappa shape index (κ2) is 7.85. The normalized spacial score (nSPS) is 12.5. The van der Waals surface area contributed by atoms with Gasteiger partial charge in [0.05, 0.1) is 34.8 Å². The molecular weight excluding hydrogens is 424 g/mol. The molecule has 1 aliphatic heterocycles. The first-order valence-corrected chi connectivity index (χ1v) is 11.6. The molecule has 0 unspecified atom stereocenters. The zero-order valence-electron chi connectivity index (χ0n) is 19.1. The van der Waals surface area contributed by atoms with Crippen LogP contribution in [-0.4, -0.2) is 27.1 Å². The van der Waals surface area contributed by atoms with Crippen LogP contribution < -0.4 is 9.47 Å². The van der Waals surface area contributed by atoms with E-state index in [4.69, 9.17) is 0 Å². The molecule has 0 fully saturated rings. The summed E-state index contributed by atoms with van der Waals surface area (Å²) in [6, 6.07) is 18.2. The summed E-state index contributed by atoms with van der Waals surface area (Å²) in [5.74, 6) is 0. The van der Waals surface area contributed by atoms with Gasteiger partial charge in [0.1, 0.15) is 7.05 Å². The summed E-state index contributed by atoms with van der Waals surface area (Å²) in [7, 11) is 0.784. The van der Waals surface area contributed by atoms with Crippen molar-refractivity contribution >= 4 is 43.4 Å². The molecule has 1 aliphatic rings. The standard InChI is InChI=1S/C24H23N2.CH4O4S/c1-14-6-8-20-17(10-14)18-12-16(3)13-22-23(18)24(26(20)5)19-11-15(2)7-9-21(19)25(22)4;1-5-6(2,3)4/h6-13H,1-5H3;1H3,(H,2,3,4)/q+1;/p-1. The van der Waals surface area contributed by atoms with Gasteiger partial charge in [-0.2, -0.15) is 4.57 Å². The Bertz CT molecular complexity index is 1490. The smallest absolute Gasteiger partial charge is 0.224 e. The molecule has 6 nitrogen and oxygen atoms in total. The predicted molar refractivity (Wildman–Crippen MR) is 127 cm³/mol. The van der Waals surface area contributed by atoms with Crippen molar-refractivity contribution in [3.63, 3.8) is 0 Å². The van der Waals surface area contributed by atoms with Gasteiger partial charge in [0, 0.05) is 18.5 Å². The number of anilines is 2. The fourth-order valence-electron chi connectivity index (χ4n) is 4.52. The fourth-order valence-corrected chi connectivity index (χ4v) is 4.52. The molecule has 7 heteroatoms. The van der Waals surface area contributed by atoms with Crippen LogP contribution in [0.15, 0.2) is 48.5 Å². The third kappa shape index (κ3) is 3.72. The first-order chi connectivity index (χ1) is 15.0. The monoisotopic (exact) mass is 450 g/mol. The minimum atomic E-state index is -4.41. The Kier molecular flexibility index (Phi) is 5.45. The molecule has 0 amide bonds. The molecule has 0 saturated carbocycles. The van der Waals surface area contributed by atoms with Gasteiger partial charge in [0.15, 0.2) is 0 Å². The van der Waals surface area contributed by atoms with E-state index in [0.29, 0.717) is 0 Å². The van der Waals surface area contributed by atoms with Crippen LogP contribution in [0.4, 0.5) is 11.4 Å². The van der Waals surface area contributed by atoms with E-state index in [-0.39, 0.29) is 0 Å². The summed E-state index contributed by atoms with van der Waals surface area (Å²) in [4.78, 5) is 2.35. The highest BCUT2D eigenvalue weighted by atomic mass is 32.3. The third-order valence-electron chi connectivity index (χ3n) is 5.97. The SMILES string of the molecule is COS(=O)(=O)[O-].Cc1ccc2c(c1)-c1c3c(cc(C)cc3c3cc(C)ccc3[n+]1C)N2C. The van der Waals surface area contributed by atoms with E-state index in [9.17, 15) is 13.0 Å². The summed E-state index contributed by atoms with van der Waals surface area (Å²) in [5.41, 5.74) is 10.4. The molecule has 4 aromatic rings. The molecule has 0 radical (unpaired) electrons. The van der Waals surface area contributed by atoms with E-state index < -0.39 is 10.4 Å². The minimum absolute atomic E-state index is 0.808. The first-order valence-electron chi connectivity index (χ1n) is 10.2. The van der Waals surface area contributed by atoms with E-state index in [1.807, 2.05) is 0 Å². The number of hydrogen-bond donors (Lipinski definition) is 0. The zero-order chi connectivity index (χ0) is 23.4. The van der Waals surface area contributed by atoms with Crippen LogP contribution in [0.5, 0.6) is 0 Å². The molecule has 3 aromatic carbocycles. The molecule has 5 rings (SSSR count). The summed E-state index contributed by atoms with van der Waals surface area (Å²) in [6.07, 6.45) is 0. The van der Waals surface area contributed by atoms with E-state index >= 15 is 0 Å². The lowest BCUT2D eigenvalue weighted by atomic mass is 9.91. The van der Waals surface area contributed by atoms with E-state index in [2.05, 4.69) is 97.0 Å². The minimum Gasteiger partial charge on any atom is -0.726 e. The average molecular weight is 451 g/mol. The van der Waals surface area contributed by atoms with Crippen molar-refractivity contribution in [3.8, 4) is 11.3 Å². The molecule has 0 saturated heterocycles. The van der Waals surface area contributed by atoms with Crippen LogP contribution in [0.25, 0.3) is 32.9 Å². The Labute approximate surface area is 188 Å². The van der Waals surface area contributed by atoms with Gasteiger partial charge in [0.2, 0.25) is 21.6 Å². The van der Waals surface area contributed by atoms with Crippen LogP contribution in [-0.2, 0) is 21.6 Å². The van der Waals surface area contributed by atoms with Crippen LogP contribution in [0, 0.1) is 20.8 Å². The van der Waals surface area contributed by atoms with Gasteiger partial charge in [-0.3, -0.25) is 4.18 Å². The second-order valence-corrected chi connectivity index (χ2v) is 9.44. The number of aryl methyl sites for hydroxylation is 4. The lowest BCUT2D eigenvalue weighted by molar-refractivity contribution is -0.632. The number of benzene rings is 3. The van der Waals surface area contributed by atoms with Crippen LogP contribution >= 0.6 is 0 Å². The molecule has 0 N–H and O–H groups in total. The number of hydrogen-bond acceptors (Lipinski definition) is 5. The maximum Gasteiger partial charge on any atom is 0.224 e. The van der Waals surface area contributed by atoms with Crippen molar-refractivity contribution in [1.82, 2.24) is 0 Å². The molecule has 2 heterocycles. The number of fused-ring (bicyclic) bond motifs is 4. The summed E-state index contributed by atoms with van der Waals surface area (Å²) >= 11 is 0. The lowest BCUT2D eigenvalue weighted by Gasteiger charge is -2.29. The Morgan fingerprint density at radius 1 is 0.875 bits per heavy atom. The van der Waals surface area contributed by atoms with Gasteiger partial charge in [-0.1, -0.05) is 29.3 Å². The topological polar surface area (TPSA) is 73.5 Å².